The second kappa shape index (κ2) is 8.39. The standard InChI is InChI=1S/C15H23N3O3/c1-4-6-14(19)17-12-7-5-8-13(10(12)2)18-15(20)11(16)9-21-3/h5,7-8,11H,4,6,9,16H2,1-3H3,(H,17,19)(H,18,20). The molecule has 1 atom stereocenters. The molecule has 4 N–H and O–H groups in total. The normalized spacial score (nSPS) is 11.8. The summed E-state index contributed by atoms with van der Waals surface area (Å²) in [6, 6.07) is 4.61. The van der Waals surface area contributed by atoms with Gasteiger partial charge in [0, 0.05) is 24.9 Å². The van der Waals surface area contributed by atoms with Gasteiger partial charge in [0.1, 0.15) is 6.04 Å². The van der Waals surface area contributed by atoms with Crippen LogP contribution in [0.25, 0.3) is 0 Å². The fraction of sp³-hybridized carbons (Fsp3) is 0.467. The van der Waals surface area contributed by atoms with Gasteiger partial charge in [0.25, 0.3) is 0 Å². The predicted octanol–water partition coefficient (Wildman–Crippen LogP) is 1.65. The quantitative estimate of drug-likeness (QED) is 0.712. The maximum atomic E-state index is 11.9. The molecule has 0 saturated heterocycles. The minimum Gasteiger partial charge on any atom is -0.383 e. The van der Waals surface area contributed by atoms with Gasteiger partial charge in [-0.05, 0) is 31.0 Å². The molecule has 1 aromatic rings. The Hall–Kier alpha value is -1.92. The van der Waals surface area contributed by atoms with E-state index in [1.54, 1.807) is 18.2 Å². The van der Waals surface area contributed by atoms with Gasteiger partial charge in [-0.25, -0.2) is 0 Å². The minimum absolute atomic E-state index is 0.0415. The Morgan fingerprint density at radius 3 is 2.48 bits per heavy atom. The van der Waals surface area contributed by atoms with E-state index in [-0.39, 0.29) is 18.4 Å². The third-order valence-electron chi connectivity index (χ3n) is 3.03. The lowest BCUT2D eigenvalue weighted by Crippen LogP contribution is -2.39. The lowest BCUT2D eigenvalue weighted by molar-refractivity contribution is -0.118. The van der Waals surface area contributed by atoms with Gasteiger partial charge < -0.3 is 21.1 Å². The van der Waals surface area contributed by atoms with Crippen LogP contribution in [0.1, 0.15) is 25.3 Å². The van der Waals surface area contributed by atoms with Crippen molar-refractivity contribution in [3.8, 4) is 0 Å². The molecule has 0 aromatic heterocycles. The molecule has 0 fully saturated rings. The number of carbonyl (C=O) groups is 2. The van der Waals surface area contributed by atoms with Crippen molar-refractivity contribution in [3.05, 3.63) is 23.8 Å². The van der Waals surface area contributed by atoms with Gasteiger partial charge in [-0.2, -0.15) is 0 Å². The van der Waals surface area contributed by atoms with Gasteiger partial charge >= 0.3 is 0 Å². The van der Waals surface area contributed by atoms with Gasteiger partial charge in [-0.15, -0.1) is 0 Å². The third-order valence-corrected chi connectivity index (χ3v) is 3.03. The number of methoxy groups -OCH3 is 1. The summed E-state index contributed by atoms with van der Waals surface area (Å²) >= 11 is 0. The number of hydrogen-bond donors (Lipinski definition) is 3. The number of benzene rings is 1. The molecule has 0 aliphatic carbocycles. The smallest absolute Gasteiger partial charge is 0.243 e. The van der Waals surface area contributed by atoms with Crippen molar-refractivity contribution in [2.24, 2.45) is 5.73 Å². The van der Waals surface area contributed by atoms with E-state index in [1.807, 2.05) is 13.8 Å². The van der Waals surface area contributed by atoms with E-state index in [0.717, 1.165) is 12.0 Å². The summed E-state index contributed by atoms with van der Waals surface area (Å²) in [5.41, 5.74) is 7.78. The van der Waals surface area contributed by atoms with E-state index in [9.17, 15) is 9.59 Å². The van der Waals surface area contributed by atoms with Crippen molar-refractivity contribution < 1.29 is 14.3 Å². The summed E-state index contributed by atoms with van der Waals surface area (Å²) in [6.45, 7) is 3.93. The molecule has 0 bridgehead atoms. The zero-order valence-corrected chi connectivity index (χ0v) is 12.7. The lowest BCUT2D eigenvalue weighted by atomic mass is 10.1. The summed E-state index contributed by atoms with van der Waals surface area (Å²) in [5.74, 6) is -0.364. The summed E-state index contributed by atoms with van der Waals surface area (Å²) in [4.78, 5) is 23.5. The number of rotatable bonds is 7. The first-order valence-electron chi connectivity index (χ1n) is 6.94. The van der Waals surface area contributed by atoms with Crippen LogP contribution in [-0.4, -0.2) is 31.6 Å². The molecule has 0 aliphatic heterocycles. The highest BCUT2D eigenvalue weighted by atomic mass is 16.5. The Balaban J connectivity index is 2.80. The molecule has 1 aromatic carbocycles. The Bertz CT molecular complexity index is 503. The lowest BCUT2D eigenvalue weighted by Gasteiger charge is -2.15. The van der Waals surface area contributed by atoms with Gasteiger partial charge in [-0.1, -0.05) is 13.0 Å². The summed E-state index contributed by atoms with van der Waals surface area (Å²) in [6.07, 6.45) is 1.25. The number of nitrogens with one attached hydrogen (secondary N) is 2. The molecule has 0 radical (unpaired) electrons. The van der Waals surface area contributed by atoms with Crippen molar-refractivity contribution in [1.82, 2.24) is 0 Å². The minimum atomic E-state index is -0.729. The summed E-state index contributed by atoms with van der Waals surface area (Å²) in [7, 11) is 1.49. The molecule has 21 heavy (non-hydrogen) atoms. The molecule has 1 rings (SSSR count). The Morgan fingerprint density at radius 2 is 1.90 bits per heavy atom. The molecule has 116 valence electrons. The van der Waals surface area contributed by atoms with Crippen LogP contribution in [0.2, 0.25) is 0 Å². The third kappa shape index (κ3) is 5.17. The van der Waals surface area contributed by atoms with Crippen molar-refractivity contribution in [2.45, 2.75) is 32.7 Å². The number of carbonyl (C=O) groups excluding carboxylic acids is 2. The fourth-order valence-electron chi connectivity index (χ4n) is 1.83. The van der Waals surface area contributed by atoms with Crippen molar-refractivity contribution in [2.75, 3.05) is 24.4 Å². The Kier molecular flexibility index (Phi) is 6.84. The van der Waals surface area contributed by atoms with Crippen LogP contribution in [0.3, 0.4) is 0 Å². The largest absolute Gasteiger partial charge is 0.383 e. The van der Waals surface area contributed by atoms with E-state index in [4.69, 9.17) is 10.5 Å². The molecule has 0 spiro atoms. The average Bonchev–Trinajstić information content (AvgIpc) is 2.43. The number of anilines is 2. The monoisotopic (exact) mass is 293 g/mol. The van der Waals surface area contributed by atoms with Crippen molar-refractivity contribution in [3.63, 3.8) is 0 Å². The predicted molar refractivity (Wildman–Crippen MR) is 83.2 cm³/mol. The molecule has 0 heterocycles. The molecule has 6 heteroatoms. The summed E-state index contributed by atoms with van der Waals surface area (Å²) < 4.78 is 4.85. The number of amides is 2. The van der Waals surface area contributed by atoms with Crippen molar-refractivity contribution >= 4 is 23.2 Å². The average molecular weight is 293 g/mol. The Morgan fingerprint density at radius 1 is 1.29 bits per heavy atom. The maximum Gasteiger partial charge on any atom is 0.243 e. The number of ether oxygens (including phenoxy) is 1. The topological polar surface area (TPSA) is 93.5 Å². The Labute approximate surface area is 125 Å². The van der Waals surface area contributed by atoms with E-state index in [2.05, 4.69) is 10.6 Å². The van der Waals surface area contributed by atoms with Crippen LogP contribution < -0.4 is 16.4 Å². The molecular weight excluding hydrogens is 270 g/mol. The van der Waals surface area contributed by atoms with Crippen LogP contribution in [0, 0.1) is 6.92 Å². The molecule has 0 saturated carbocycles. The second-order valence-corrected chi connectivity index (χ2v) is 4.83. The van der Waals surface area contributed by atoms with E-state index in [0.29, 0.717) is 17.8 Å². The molecule has 0 aliphatic rings. The number of nitrogens with two attached hydrogens (primary N) is 1. The van der Waals surface area contributed by atoms with Crippen LogP contribution in [0.4, 0.5) is 11.4 Å². The highest BCUT2D eigenvalue weighted by molar-refractivity contribution is 5.97. The van der Waals surface area contributed by atoms with Gasteiger partial charge in [0.15, 0.2) is 0 Å². The van der Waals surface area contributed by atoms with Crippen LogP contribution in [0.5, 0.6) is 0 Å². The zero-order chi connectivity index (χ0) is 15.8. The van der Waals surface area contributed by atoms with Crippen molar-refractivity contribution in [1.29, 1.82) is 0 Å². The fourth-order valence-corrected chi connectivity index (χ4v) is 1.83. The highest BCUT2D eigenvalue weighted by Gasteiger charge is 2.15. The van der Waals surface area contributed by atoms with Crippen LogP contribution >= 0.6 is 0 Å². The van der Waals surface area contributed by atoms with E-state index < -0.39 is 6.04 Å². The maximum absolute atomic E-state index is 11.9. The SMILES string of the molecule is CCCC(=O)Nc1cccc(NC(=O)C(N)COC)c1C. The highest BCUT2D eigenvalue weighted by Crippen LogP contribution is 2.23. The van der Waals surface area contributed by atoms with Crippen LogP contribution in [0.15, 0.2) is 18.2 Å². The second-order valence-electron chi connectivity index (χ2n) is 4.83. The van der Waals surface area contributed by atoms with Crippen LogP contribution in [-0.2, 0) is 14.3 Å². The molecule has 2 amide bonds. The first-order chi connectivity index (χ1) is 9.99. The zero-order valence-electron chi connectivity index (χ0n) is 12.7. The van der Waals surface area contributed by atoms with E-state index >= 15 is 0 Å². The first kappa shape index (κ1) is 17.1. The molecule has 6 nitrogen and oxygen atoms in total. The van der Waals surface area contributed by atoms with E-state index in [1.165, 1.54) is 7.11 Å². The summed E-state index contributed by atoms with van der Waals surface area (Å²) in [5, 5.41) is 5.58. The van der Waals surface area contributed by atoms with Gasteiger partial charge in [0.05, 0.1) is 6.61 Å². The van der Waals surface area contributed by atoms with Gasteiger partial charge in [-0.3, -0.25) is 9.59 Å². The van der Waals surface area contributed by atoms with Gasteiger partial charge in [0.2, 0.25) is 11.8 Å². The first-order valence-corrected chi connectivity index (χ1v) is 6.94. The number of hydrogen-bond acceptors (Lipinski definition) is 4. The molecule has 1 unspecified atom stereocenters. The molecular formula is C15H23N3O3.